The summed E-state index contributed by atoms with van der Waals surface area (Å²) in [5.74, 6) is -0.799. The Labute approximate surface area is 176 Å². The summed E-state index contributed by atoms with van der Waals surface area (Å²) in [6.07, 6.45) is 4.49. The maximum absolute atomic E-state index is 13.2. The minimum atomic E-state index is -1.33. The van der Waals surface area contributed by atoms with E-state index in [0.29, 0.717) is 25.7 Å². The number of hydrogen-bond acceptors (Lipinski definition) is 4. The standard InChI is InChI=1S/C23H42N2O4/c1-19(2,3)15(22(28)11-9-12-22)24-17(26)21(7,8)18(27)25-16(20(4,5)6)23(29)13-10-14-23/h15-16,28-29H,9-14H2,1-8H3,(H,24,26)(H,25,27)/t15-,16-/m1/s1. The van der Waals surface area contributed by atoms with Crippen LogP contribution in [0.3, 0.4) is 0 Å². The molecule has 0 saturated heterocycles. The van der Waals surface area contributed by atoms with Gasteiger partial charge in [-0.2, -0.15) is 0 Å². The molecular weight excluding hydrogens is 368 g/mol. The largest absolute Gasteiger partial charge is 0.388 e. The van der Waals surface area contributed by atoms with Crippen LogP contribution in [0.25, 0.3) is 0 Å². The smallest absolute Gasteiger partial charge is 0.235 e. The molecule has 2 rings (SSSR count). The zero-order valence-electron chi connectivity index (χ0n) is 19.6. The summed E-state index contributed by atoms with van der Waals surface area (Å²) < 4.78 is 0. The first-order chi connectivity index (χ1) is 12.9. The molecule has 6 heteroatoms. The van der Waals surface area contributed by atoms with E-state index in [2.05, 4.69) is 10.6 Å². The molecule has 2 aliphatic rings. The average molecular weight is 411 g/mol. The normalized spacial score (nSPS) is 23.2. The number of hydrogen-bond donors (Lipinski definition) is 4. The van der Waals surface area contributed by atoms with Gasteiger partial charge in [-0.25, -0.2) is 0 Å². The van der Waals surface area contributed by atoms with E-state index in [1.807, 2.05) is 41.5 Å². The molecule has 0 spiro atoms. The zero-order chi connectivity index (χ0) is 22.5. The third kappa shape index (κ3) is 4.79. The fraction of sp³-hybridized carbons (Fsp3) is 0.913. The fourth-order valence-corrected chi connectivity index (χ4v) is 4.70. The van der Waals surface area contributed by atoms with E-state index in [9.17, 15) is 19.8 Å². The molecule has 0 radical (unpaired) electrons. The maximum atomic E-state index is 13.2. The van der Waals surface area contributed by atoms with Crippen molar-refractivity contribution in [2.75, 3.05) is 0 Å². The molecule has 29 heavy (non-hydrogen) atoms. The van der Waals surface area contributed by atoms with Crippen LogP contribution < -0.4 is 10.6 Å². The molecule has 0 bridgehead atoms. The van der Waals surface area contributed by atoms with Gasteiger partial charge in [0, 0.05) is 0 Å². The van der Waals surface area contributed by atoms with E-state index < -0.39 is 40.5 Å². The molecule has 0 aromatic rings. The molecule has 2 fully saturated rings. The number of amides is 2. The van der Waals surface area contributed by atoms with Gasteiger partial charge in [0.25, 0.3) is 0 Å². The Hall–Kier alpha value is -1.14. The van der Waals surface area contributed by atoms with Crippen molar-refractivity contribution in [1.82, 2.24) is 10.6 Å². The van der Waals surface area contributed by atoms with Crippen molar-refractivity contribution in [2.45, 2.75) is 117 Å². The van der Waals surface area contributed by atoms with Gasteiger partial charge in [-0.05, 0) is 63.2 Å². The summed E-state index contributed by atoms with van der Waals surface area (Å²) in [6, 6.07) is -0.866. The first-order valence-electron chi connectivity index (χ1n) is 11.0. The van der Waals surface area contributed by atoms with Gasteiger partial charge in [0.2, 0.25) is 11.8 Å². The van der Waals surface area contributed by atoms with E-state index in [1.54, 1.807) is 13.8 Å². The van der Waals surface area contributed by atoms with Crippen LogP contribution >= 0.6 is 0 Å². The van der Waals surface area contributed by atoms with Gasteiger partial charge in [0.05, 0.1) is 23.3 Å². The molecule has 0 aromatic heterocycles. The van der Waals surface area contributed by atoms with Crippen molar-refractivity contribution >= 4 is 11.8 Å². The van der Waals surface area contributed by atoms with E-state index in [1.165, 1.54) is 0 Å². The van der Waals surface area contributed by atoms with Gasteiger partial charge in [-0.3, -0.25) is 9.59 Å². The van der Waals surface area contributed by atoms with Gasteiger partial charge in [-0.1, -0.05) is 41.5 Å². The maximum Gasteiger partial charge on any atom is 0.235 e. The summed E-state index contributed by atoms with van der Waals surface area (Å²) in [5.41, 5.74) is -3.85. The summed E-state index contributed by atoms with van der Waals surface area (Å²) in [7, 11) is 0. The second kappa shape index (κ2) is 7.52. The number of nitrogens with one attached hydrogen (secondary N) is 2. The van der Waals surface area contributed by atoms with E-state index in [0.717, 1.165) is 12.8 Å². The third-order valence-corrected chi connectivity index (χ3v) is 6.93. The lowest BCUT2D eigenvalue weighted by Gasteiger charge is -2.50. The van der Waals surface area contributed by atoms with Crippen LogP contribution in [-0.2, 0) is 9.59 Å². The summed E-state index contributed by atoms with van der Waals surface area (Å²) >= 11 is 0. The highest BCUT2D eigenvalue weighted by atomic mass is 16.3. The molecule has 2 amide bonds. The van der Waals surface area contributed by atoms with Gasteiger partial charge < -0.3 is 20.8 Å². The van der Waals surface area contributed by atoms with E-state index in [-0.39, 0.29) is 10.8 Å². The molecular formula is C23H42N2O4. The predicted molar refractivity (Wildman–Crippen MR) is 114 cm³/mol. The van der Waals surface area contributed by atoms with Crippen molar-refractivity contribution in [3.63, 3.8) is 0 Å². The number of aliphatic hydroxyl groups is 2. The van der Waals surface area contributed by atoms with Crippen molar-refractivity contribution in [1.29, 1.82) is 0 Å². The molecule has 2 aliphatic carbocycles. The first-order valence-corrected chi connectivity index (χ1v) is 11.0. The van der Waals surface area contributed by atoms with Crippen LogP contribution in [0.2, 0.25) is 0 Å². The number of carbonyl (C=O) groups is 2. The highest BCUT2D eigenvalue weighted by Crippen LogP contribution is 2.43. The van der Waals surface area contributed by atoms with Gasteiger partial charge in [0.15, 0.2) is 0 Å². The Morgan fingerprint density at radius 1 is 0.690 bits per heavy atom. The lowest BCUT2D eigenvalue weighted by atomic mass is 9.65. The Morgan fingerprint density at radius 3 is 1.14 bits per heavy atom. The molecule has 0 aliphatic heterocycles. The van der Waals surface area contributed by atoms with Gasteiger partial charge >= 0.3 is 0 Å². The van der Waals surface area contributed by atoms with Crippen LogP contribution in [0.15, 0.2) is 0 Å². The van der Waals surface area contributed by atoms with Crippen molar-refractivity contribution in [2.24, 2.45) is 16.2 Å². The molecule has 2 saturated carbocycles. The first kappa shape index (κ1) is 24.1. The summed E-state index contributed by atoms with van der Waals surface area (Å²) in [6.45, 7) is 15.1. The zero-order valence-corrected chi connectivity index (χ0v) is 19.6. The number of rotatable bonds is 6. The highest BCUT2D eigenvalue weighted by Gasteiger charge is 2.52. The quantitative estimate of drug-likeness (QED) is 0.506. The third-order valence-electron chi connectivity index (χ3n) is 6.93. The van der Waals surface area contributed by atoms with Crippen LogP contribution in [0, 0.1) is 16.2 Å². The molecule has 6 nitrogen and oxygen atoms in total. The minimum absolute atomic E-state index is 0.341. The summed E-state index contributed by atoms with van der Waals surface area (Å²) in [4.78, 5) is 26.3. The van der Waals surface area contributed by atoms with Crippen molar-refractivity contribution in [3.8, 4) is 0 Å². The molecule has 0 aromatic carbocycles. The lowest BCUT2D eigenvalue weighted by molar-refractivity contribution is -0.152. The van der Waals surface area contributed by atoms with Crippen LogP contribution in [0.4, 0.5) is 0 Å². The van der Waals surface area contributed by atoms with Gasteiger partial charge in [-0.15, -0.1) is 0 Å². The monoisotopic (exact) mass is 410 g/mol. The Kier molecular flexibility index (Phi) is 6.26. The molecule has 4 N–H and O–H groups in total. The predicted octanol–water partition coefficient (Wildman–Crippen LogP) is 2.90. The van der Waals surface area contributed by atoms with Crippen molar-refractivity contribution in [3.05, 3.63) is 0 Å². The summed E-state index contributed by atoms with van der Waals surface area (Å²) in [5, 5.41) is 27.8. The second-order valence-corrected chi connectivity index (χ2v) is 12.1. The SMILES string of the molecule is CC(C)(C(=O)N[C@H](C(C)(C)C)C1(O)CCC1)C(=O)N[C@H](C(C)(C)C)C1(O)CCC1. The van der Waals surface area contributed by atoms with Crippen LogP contribution in [-0.4, -0.2) is 45.3 Å². The molecule has 0 unspecified atom stereocenters. The Morgan fingerprint density at radius 2 is 0.966 bits per heavy atom. The topological polar surface area (TPSA) is 98.7 Å². The fourth-order valence-electron chi connectivity index (χ4n) is 4.70. The Balaban J connectivity index is 2.17. The lowest BCUT2D eigenvalue weighted by Crippen LogP contribution is -2.66. The second-order valence-electron chi connectivity index (χ2n) is 12.1. The van der Waals surface area contributed by atoms with E-state index >= 15 is 0 Å². The van der Waals surface area contributed by atoms with Crippen LogP contribution in [0.5, 0.6) is 0 Å². The number of carbonyl (C=O) groups excluding carboxylic acids is 2. The van der Waals surface area contributed by atoms with E-state index in [4.69, 9.17) is 0 Å². The van der Waals surface area contributed by atoms with Crippen LogP contribution in [0.1, 0.15) is 93.9 Å². The molecule has 2 atom stereocenters. The molecule has 0 heterocycles. The van der Waals surface area contributed by atoms with Gasteiger partial charge in [0.1, 0.15) is 5.41 Å². The Bertz CT molecular complexity index is 580. The molecule has 168 valence electrons. The average Bonchev–Trinajstić information content (AvgIpc) is 2.50. The van der Waals surface area contributed by atoms with Crippen molar-refractivity contribution < 1.29 is 19.8 Å². The highest BCUT2D eigenvalue weighted by molar-refractivity contribution is 6.04. The minimum Gasteiger partial charge on any atom is -0.388 e.